The molecule has 0 fully saturated rings. The number of nitrogens with one attached hydrogen (secondary N) is 1. The van der Waals surface area contributed by atoms with Gasteiger partial charge < -0.3 is 14.8 Å². The van der Waals surface area contributed by atoms with Gasteiger partial charge in [0, 0.05) is 18.7 Å². The molecule has 1 rings (SSSR count). The number of benzene rings is 1. The Morgan fingerprint density at radius 1 is 1.04 bits per heavy atom. The van der Waals surface area contributed by atoms with E-state index in [0.717, 1.165) is 30.2 Å². The Morgan fingerprint density at radius 3 is 2.17 bits per heavy atom. The van der Waals surface area contributed by atoms with E-state index in [-0.39, 0.29) is 10.8 Å². The normalized spacial score (nSPS) is 13.6. The van der Waals surface area contributed by atoms with Crippen LogP contribution in [0.1, 0.15) is 47.1 Å². The molecule has 0 saturated heterocycles. The van der Waals surface area contributed by atoms with E-state index < -0.39 is 0 Å². The van der Waals surface area contributed by atoms with Crippen LogP contribution in [0.3, 0.4) is 0 Å². The zero-order chi connectivity index (χ0) is 17.7. The van der Waals surface area contributed by atoms with E-state index in [4.69, 9.17) is 9.47 Å². The van der Waals surface area contributed by atoms with Gasteiger partial charge in [-0.25, -0.2) is 0 Å². The Morgan fingerprint density at radius 2 is 1.70 bits per heavy atom. The molecule has 0 aromatic heterocycles. The van der Waals surface area contributed by atoms with Crippen molar-refractivity contribution in [3.05, 3.63) is 35.4 Å². The molecule has 130 valence electrons. The van der Waals surface area contributed by atoms with Crippen LogP contribution < -0.4 is 10.1 Å². The molecule has 0 aliphatic carbocycles. The van der Waals surface area contributed by atoms with Gasteiger partial charge in [-0.1, -0.05) is 53.7 Å². The van der Waals surface area contributed by atoms with Crippen molar-refractivity contribution in [1.29, 1.82) is 0 Å². The first kappa shape index (κ1) is 19.6. The van der Waals surface area contributed by atoms with Crippen LogP contribution in [-0.4, -0.2) is 27.3 Å². The fourth-order valence-corrected chi connectivity index (χ4v) is 2.43. The first-order valence-corrected chi connectivity index (χ1v) is 8.21. The van der Waals surface area contributed by atoms with Gasteiger partial charge >= 0.3 is 0 Å². The Kier molecular flexibility index (Phi) is 6.69. The van der Waals surface area contributed by atoms with Crippen LogP contribution in [-0.2, 0) is 4.74 Å². The third-order valence-corrected chi connectivity index (χ3v) is 3.67. The largest absolute Gasteiger partial charge is 0.497 e. The summed E-state index contributed by atoms with van der Waals surface area (Å²) < 4.78 is 11.1. The van der Waals surface area contributed by atoms with Crippen molar-refractivity contribution in [2.75, 3.05) is 27.3 Å². The Bertz CT molecular complexity index is 533. The first-order chi connectivity index (χ1) is 10.6. The van der Waals surface area contributed by atoms with Crippen LogP contribution in [0.4, 0.5) is 0 Å². The van der Waals surface area contributed by atoms with Crippen LogP contribution in [0, 0.1) is 10.8 Å². The minimum absolute atomic E-state index is 0.0132. The third-order valence-electron chi connectivity index (χ3n) is 3.67. The minimum Gasteiger partial charge on any atom is -0.497 e. The fraction of sp³-hybridized carbons (Fsp3) is 0.600. The molecule has 3 heteroatoms. The van der Waals surface area contributed by atoms with E-state index >= 15 is 0 Å². The molecule has 1 N–H and O–H groups in total. The summed E-state index contributed by atoms with van der Waals surface area (Å²) in [5.41, 5.74) is 2.58. The molecule has 0 atom stereocenters. The summed E-state index contributed by atoms with van der Waals surface area (Å²) in [6.45, 7) is 15.1. The van der Waals surface area contributed by atoms with Crippen molar-refractivity contribution in [3.63, 3.8) is 0 Å². The number of ether oxygens (including phenoxy) is 2. The van der Waals surface area contributed by atoms with Gasteiger partial charge in [0.05, 0.1) is 14.2 Å². The summed E-state index contributed by atoms with van der Waals surface area (Å²) in [6.07, 6.45) is 0. The molecular formula is C20H33NO2. The quantitative estimate of drug-likeness (QED) is 0.769. The summed E-state index contributed by atoms with van der Waals surface area (Å²) in [5, 5.41) is 3.58. The highest BCUT2D eigenvalue weighted by atomic mass is 16.5. The molecule has 1 aromatic carbocycles. The average molecular weight is 319 g/mol. The molecule has 0 saturated carbocycles. The molecule has 0 heterocycles. The Balaban J connectivity index is 3.19. The van der Waals surface area contributed by atoms with Crippen molar-refractivity contribution in [1.82, 2.24) is 5.32 Å². The summed E-state index contributed by atoms with van der Waals surface area (Å²) in [6, 6.07) is 8.03. The number of methoxy groups -OCH3 is 2. The second-order valence-electron chi connectivity index (χ2n) is 8.16. The van der Waals surface area contributed by atoms with Gasteiger partial charge in [-0.2, -0.15) is 0 Å². The average Bonchev–Trinajstić information content (AvgIpc) is 2.44. The van der Waals surface area contributed by atoms with Gasteiger partial charge in [0.15, 0.2) is 0 Å². The van der Waals surface area contributed by atoms with Gasteiger partial charge in [-0.05, 0) is 28.5 Å². The van der Waals surface area contributed by atoms with Crippen LogP contribution in [0.25, 0.3) is 5.76 Å². The van der Waals surface area contributed by atoms with E-state index in [2.05, 4.69) is 52.9 Å². The molecule has 0 aliphatic rings. The minimum atomic E-state index is 0.0132. The molecular weight excluding hydrogens is 286 g/mol. The van der Waals surface area contributed by atoms with E-state index in [1.807, 2.05) is 18.2 Å². The van der Waals surface area contributed by atoms with Gasteiger partial charge in [0.25, 0.3) is 0 Å². The highest BCUT2D eigenvalue weighted by Crippen LogP contribution is 2.33. The lowest BCUT2D eigenvalue weighted by Gasteiger charge is -2.28. The lowest BCUT2D eigenvalue weighted by molar-refractivity contribution is 0.342. The predicted octanol–water partition coefficient (Wildman–Crippen LogP) is 4.73. The second kappa shape index (κ2) is 7.87. The highest BCUT2D eigenvalue weighted by Gasteiger charge is 2.24. The van der Waals surface area contributed by atoms with Crippen molar-refractivity contribution < 1.29 is 9.47 Å². The molecule has 0 bridgehead atoms. The van der Waals surface area contributed by atoms with Gasteiger partial charge in [-0.15, -0.1) is 0 Å². The van der Waals surface area contributed by atoms with Crippen LogP contribution in [0.5, 0.6) is 5.75 Å². The molecule has 0 amide bonds. The number of rotatable bonds is 6. The second-order valence-corrected chi connectivity index (χ2v) is 8.16. The molecule has 3 nitrogen and oxygen atoms in total. The SMILES string of the molecule is CO/C(=C(/CNCC(C)(C)C)C(C)(C)C)c1cccc(OC)c1. The number of hydrogen-bond donors (Lipinski definition) is 1. The first-order valence-electron chi connectivity index (χ1n) is 8.21. The molecule has 0 unspecified atom stereocenters. The van der Waals surface area contributed by atoms with Crippen molar-refractivity contribution in [2.24, 2.45) is 10.8 Å². The van der Waals surface area contributed by atoms with Crippen LogP contribution in [0.15, 0.2) is 29.8 Å². The molecule has 1 aromatic rings. The lowest BCUT2D eigenvalue weighted by atomic mass is 9.83. The van der Waals surface area contributed by atoms with E-state index in [9.17, 15) is 0 Å². The van der Waals surface area contributed by atoms with E-state index in [1.54, 1.807) is 14.2 Å². The van der Waals surface area contributed by atoms with Crippen molar-refractivity contribution >= 4 is 5.76 Å². The Labute approximate surface area is 142 Å². The predicted molar refractivity (Wildman–Crippen MR) is 98.7 cm³/mol. The Hall–Kier alpha value is -1.48. The van der Waals surface area contributed by atoms with Crippen LogP contribution >= 0.6 is 0 Å². The summed E-state index contributed by atoms with van der Waals surface area (Å²) in [4.78, 5) is 0. The van der Waals surface area contributed by atoms with E-state index in [1.165, 1.54) is 5.57 Å². The maximum Gasteiger partial charge on any atom is 0.127 e. The van der Waals surface area contributed by atoms with E-state index in [0.29, 0.717) is 0 Å². The topological polar surface area (TPSA) is 30.5 Å². The molecule has 0 spiro atoms. The van der Waals surface area contributed by atoms with Crippen molar-refractivity contribution in [3.8, 4) is 5.75 Å². The van der Waals surface area contributed by atoms with Gasteiger partial charge in [-0.3, -0.25) is 0 Å². The molecule has 0 radical (unpaired) electrons. The summed E-state index contributed by atoms with van der Waals surface area (Å²) >= 11 is 0. The zero-order valence-electron chi connectivity index (χ0n) is 16.0. The highest BCUT2D eigenvalue weighted by molar-refractivity contribution is 5.65. The zero-order valence-corrected chi connectivity index (χ0v) is 16.0. The summed E-state index contributed by atoms with van der Waals surface area (Å²) in [7, 11) is 3.43. The van der Waals surface area contributed by atoms with Crippen molar-refractivity contribution in [2.45, 2.75) is 41.5 Å². The molecule has 23 heavy (non-hydrogen) atoms. The van der Waals surface area contributed by atoms with Crippen LogP contribution in [0.2, 0.25) is 0 Å². The van der Waals surface area contributed by atoms with Gasteiger partial charge in [0.1, 0.15) is 11.5 Å². The summed E-state index contributed by atoms with van der Waals surface area (Å²) in [5.74, 6) is 1.77. The fourth-order valence-electron chi connectivity index (χ4n) is 2.43. The smallest absolute Gasteiger partial charge is 0.127 e. The maximum atomic E-state index is 5.79. The monoisotopic (exact) mass is 319 g/mol. The third kappa shape index (κ3) is 6.26. The standard InChI is InChI=1S/C20H33NO2/c1-19(2,3)14-21-13-17(20(4,5)6)18(23-8)15-10-9-11-16(12-15)22-7/h9-12,21H,13-14H2,1-8H3/b18-17-. The lowest BCUT2D eigenvalue weighted by Crippen LogP contribution is -2.32. The maximum absolute atomic E-state index is 5.79. The number of hydrogen-bond acceptors (Lipinski definition) is 3. The van der Waals surface area contributed by atoms with Gasteiger partial charge in [0.2, 0.25) is 0 Å². The molecule has 0 aliphatic heterocycles.